The van der Waals surface area contributed by atoms with E-state index in [1.54, 1.807) is 0 Å². The van der Waals surface area contributed by atoms with Crippen molar-refractivity contribution in [2.24, 2.45) is 0 Å². The number of amides is 1. The summed E-state index contributed by atoms with van der Waals surface area (Å²) < 4.78 is 1.10. The molecule has 0 unspecified atom stereocenters. The number of hydrogen-bond donors (Lipinski definition) is 1. The highest BCUT2D eigenvalue weighted by Gasteiger charge is 2.23. The molecule has 98 valence electrons. The SMILES string of the molecule is CCCCC(=O)N1CCc2c(Br)ccc(N)c2C1. The van der Waals surface area contributed by atoms with Gasteiger partial charge < -0.3 is 10.6 Å². The minimum atomic E-state index is 0.252. The van der Waals surface area contributed by atoms with Crippen LogP contribution in [0.1, 0.15) is 37.3 Å². The third kappa shape index (κ3) is 2.69. The Kier molecular flexibility index (Phi) is 4.27. The predicted molar refractivity (Wildman–Crippen MR) is 77.2 cm³/mol. The van der Waals surface area contributed by atoms with Crippen molar-refractivity contribution in [1.29, 1.82) is 0 Å². The van der Waals surface area contributed by atoms with Crippen LogP contribution in [-0.4, -0.2) is 17.4 Å². The van der Waals surface area contributed by atoms with Crippen LogP contribution in [0.15, 0.2) is 16.6 Å². The van der Waals surface area contributed by atoms with Gasteiger partial charge in [-0.3, -0.25) is 4.79 Å². The van der Waals surface area contributed by atoms with E-state index in [9.17, 15) is 4.79 Å². The summed E-state index contributed by atoms with van der Waals surface area (Å²) >= 11 is 3.56. The Morgan fingerprint density at radius 3 is 2.94 bits per heavy atom. The molecule has 2 rings (SSSR count). The van der Waals surface area contributed by atoms with Gasteiger partial charge in [0.15, 0.2) is 0 Å². The van der Waals surface area contributed by atoms with Crippen molar-refractivity contribution in [3.05, 3.63) is 27.7 Å². The molecule has 0 saturated carbocycles. The lowest BCUT2D eigenvalue weighted by Crippen LogP contribution is -2.36. The maximum absolute atomic E-state index is 12.0. The molecule has 2 N–H and O–H groups in total. The van der Waals surface area contributed by atoms with E-state index >= 15 is 0 Å². The zero-order valence-electron chi connectivity index (χ0n) is 10.7. The summed E-state index contributed by atoms with van der Waals surface area (Å²) in [6.45, 7) is 3.56. The van der Waals surface area contributed by atoms with E-state index in [-0.39, 0.29) is 5.91 Å². The largest absolute Gasteiger partial charge is 0.398 e. The number of halogens is 1. The standard InChI is InChI=1S/C14H19BrN2O/c1-2-3-4-14(18)17-8-7-10-11(9-17)13(16)6-5-12(10)15/h5-6H,2-4,7-9,16H2,1H3. The minimum Gasteiger partial charge on any atom is -0.398 e. The average molecular weight is 311 g/mol. The number of fused-ring (bicyclic) bond motifs is 1. The Bertz CT molecular complexity index is 459. The minimum absolute atomic E-state index is 0.252. The van der Waals surface area contributed by atoms with Gasteiger partial charge in [-0.05, 0) is 36.1 Å². The van der Waals surface area contributed by atoms with Gasteiger partial charge >= 0.3 is 0 Å². The lowest BCUT2D eigenvalue weighted by molar-refractivity contribution is -0.132. The number of benzene rings is 1. The first-order chi connectivity index (χ1) is 8.63. The lowest BCUT2D eigenvalue weighted by Gasteiger charge is -2.30. The van der Waals surface area contributed by atoms with Crippen molar-refractivity contribution in [3.63, 3.8) is 0 Å². The van der Waals surface area contributed by atoms with Gasteiger partial charge in [-0.1, -0.05) is 29.3 Å². The number of unbranched alkanes of at least 4 members (excludes halogenated alkanes) is 1. The molecule has 0 radical (unpaired) electrons. The van der Waals surface area contributed by atoms with E-state index in [1.807, 2.05) is 17.0 Å². The molecule has 1 aliphatic rings. The molecule has 0 aliphatic carbocycles. The smallest absolute Gasteiger partial charge is 0.222 e. The van der Waals surface area contributed by atoms with Crippen LogP contribution in [0, 0.1) is 0 Å². The molecular weight excluding hydrogens is 292 g/mol. The molecule has 1 aromatic carbocycles. The molecule has 0 fully saturated rings. The number of anilines is 1. The van der Waals surface area contributed by atoms with Gasteiger partial charge in [0.1, 0.15) is 0 Å². The average Bonchev–Trinajstić information content (AvgIpc) is 2.40. The Morgan fingerprint density at radius 1 is 1.44 bits per heavy atom. The van der Waals surface area contributed by atoms with E-state index in [4.69, 9.17) is 5.73 Å². The van der Waals surface area contributed by atoms with Crippen LogP contribution < -0.4 is 5.73 Å². The highest BCUT2D eigenvalue weighted by molar-refractivity contribution is 9.10. The molecule has 0 aromatic heterocycles. The lowest BCUT2D eigenvalue weighted by atomic mass is 9.98. The van der Waals surface area contributed by atoms with E-state index in [1.165, 1.54) is 5.56 Å². The number of nitrogen functional groups attached to an aromatic ring is 1. The van der Waals surface area contributed by atoms with Crippen LogP contribution in [0.5, 0.6) is 0 Å². The summed E-state index contributed by atoms with van der Waals surface area (Å²) in [5.41, 5.74) is 9.18. The first-order valence-electron chi connectivity index (χ1n) is 6.47. The number of hydrogen-bond acceptors (Lipinski definition) is 2. The van der Waals surface area contributed by atoms with Gasteiger partial charge in [0.05, 0.1) is 0 Å². The summed E-state index contributed by atoms with van der Waals surface area (Å²) in [5.74, 6) is 0.252. The fraction of sp³-hybridized carbons (Fsp3) is 0.500. The molecule has 0 spiro atoms. The summed E-state index contributed by atoms with van der Waals surface area (Å²) in [6, 6.07) is 3.89. The normalized spacial score (nSPS) is 14.4. The van der Waals surface area contributed by atoms with Crippen molar-refractivity contribution in [3.8, 4) is 0 Å². The number of carbonyl (C=O) groups is 1. The van der Waals surface area contributed by atoms with Gasteiger partial charge in [0.2, 0.25) is 5.91 Å². The quantitative estimate of drug-likeness (QED) is 0.872. The third-order valence-corrected chi connectivity index (χ3v) is 4.23. The fourth-order valence-electron chi connectivity index (χ4n) is 2.36. The fourth-order valence-corrected chi connectivity index (χ4v) is 2.92. The van der Waals surface area contributed by atoms with Crippen molar-refractivity contribution >= 4 is 27.5 Å². The molecule has 0 saturated heterocycles. The second kappa shape index (κ2) is 5.74. The first kappa shape index (κ1) is 13.4. The van der Waals surface area contributed by atoms with Gasteiger partial charge in [0, 0.05) is 29.7 Å². The Balaban J connectivity index is 2.14. The van der Waals surface area contributed by atoms with Gasteiger partial charge in [-0.25, -0.2) is 0 Å². The molecule has 1 amide bonds. The predicted octanol–water partition coefficient (Wildman–Crippen LogP) is 3.11. The van der Waals surface area contributed by atoms with Gasteiger partial charge in [0.25, 0.3) is 0 Å². The topological polar surface area (TPSA) is 46.3 Å². The molecule has 1 aromatic rings. The van der Waals surface area contributed by atoms with Crippen molar-refractivity contribution in [2.45, 2.75) is 39.2 Å². The zero-order valence-corrected chi connectivity index (χ0v) is 12.3. The molecule has 0 atom stereocenters. The Morgan fingerprint density at radius 2 is 2.22 bits per heavy atom. The number of rotatable bonds is 3. The van der Waals surface area contributed by atoms with E-state index in [0.29, 0.717) is 13.0 Å². The number of nitrogens with zero attached hydrogens (tertiary/aromatic N) is 1. The van der Waals surface area contributed by atoms with Crippen molar-refractivity contribution in [1.82, 2.24) is 4.90 Å². The second-order valence-corrected chi connectivity index (χ2v) is 5.62. The molecule has 1 aliphatic heterocycles. The molecule has 4 heteroatoms. The maximum atomic E-state index is 12.0. The molecule has 1 heterocycles. The highest BCUT2D eigenvalue weighted by Crippen LogP contribution is 2.30. The summed E-state index contributed by atoms with van der Waals surface area (Å²) in [5, 5.41) is 0. The zero-order chi connectivity index (χ0) is 13.1. The van der Waals surface area contributed by atoms with Crippen LogP contribution in [-0.2, 0) is 17.8 Å². The molecule has 18 heavy (non-hydrogen) atoms. The monoisotopic (exact) mass is 310 g/mol. The Hall–Kier alpha value is -1.03. The number of carbonyl (C=O) groups excluding carboxylic acids is 1. The van der Waals surface area contributed by atoms with Crippen LogP contribution in [0.3, 0.4) is 0 Å². The van der Waals surface area contributed by atoms with E-state index < -0.39 is 0 Å². The summed E-state index contributed by atoms with van der Waals surface area (Å²) in [6.07, 6.45) is 3.57. The highest BCUT2D eigenvalue weighted by atomic mass is 79.9. The van der Waals surface area contributed by atoms with Crippen LogP contribution >= 0.6 is 15.9 Å². The molecule has 3 nitrogen and oxygen atoms in total. The summed E-state index contributed by atoms with van der Waals surface area (Å²) in [4.78, 5) is 14.0. The van der Waals surface area contributed by atoms with Crippen LogP contribution in [0.2, 0.25) is 0 Å². The molecule has 0 bridgehead atoms. The Labute approximate surface area is 116 Å². The third-order valence-electron chi connectivity index (χ3n) is 3.49. The maximum Gasteiger partial charge on any atom is 0.222 e. The van der Waals surface area contributed by atoms with Crippen molar-refractivity contribution in [2.75, 3.05) is 12.3 Å². The molecular formula is C14H19BrN2O. The van der Waals surface area contributed by atoms with E-state index in [2.05, 4.69) is 22.9 Å². The van der Waals surface area contributed by atoms with Crippen LogP contribution in [0.4, 0.5) is 5.69 Å². The van der Waals surface area contributed by atoms with Gasteiger partial charge in [-0.15, -0.1) is 0 Å². The van der Waals surface area contributed by atoms with Crippen LogP contribution in [0.25, 0.3) is 0 Å². The van der Waals surface area contributed by atoms with Crippen molar-refractivity contribution < 1.29 is 4.79 Å². The second-order valence-electron chi connectivity index (χ2n) is 4.76. The first-order valence-corrected chi connectivity index (χ1v) is 7.26. The van der Waals surface area contributed by atoms with Gasteiger partial charge in [-0.2, -0.15) is 0 Å². The summed E-state index contributed by atoms with van der Waals surface area (Å²) in [7, 11) is 0. The van der Waals surface area contributed by atoms with E-state index in [0.717, 1.165) is 41.5 Å². The number of nitrogens with two attached hydrogens (primary N) is 1.